The molecule has 2 fully saturated rings. The molecule has 0 bridgehead atoms. The first kappa shape index (κ1) is 17.8. The van der Waals surface area contributed by atoms with Crippen LogP contribution in [0.3, 0.4) is 0 Å². The summed E-state index contributed by atoms with van der Waals surface area (Å²) >= 11 is 0. The van der Waals surface area contributed by atoms with Crippen LogP contribution in [0, 0.1) is 23.2 Å². The van der Waals surface area contributed by atoms with Crippen LogP contribution in [0.5, 0.6) is 0 Å². The largest absolute Gasteiger partial charge is 0.341 e. The van der Waals surface area contributed by atoms with E-state index in [1.54, 1.807) is 22.5 Å². The van der Waals surface area contributed by atoms with Crippen molar-refractivity contribution in [3.63, 3.8) is 0 Å². The topological polar surface area (TPSA) is 15.6 Å². The molecule has 6 aliphatic rings. The number of dihydropyridines is 1. The molecule has 0 spiro atoms. The van der Waals surface area contributed by atoms with Crippen molar-refractivity contribution in [2.45, 2.75) is 64.3 Å². The van der Waals surface area contributed by atoms with Gasteiger partial charge in [-0.25, -0.2) is 0 Å². The summed E-state index contributed by atoms with van der Waals surface area (Å²) in [5.74, 6) is 2.20. The van der Waals surface area contributed by atoms with E-state index in [1.807, 2.05) is 0 Å². The highest BCUT2D eigenvalue weighted by Gasteiger charge is 2.50. The van der Waals surface area contributed by atoms with E-state index in [0.29, 0.717) is 17.4 Å². The summed E-state index contributed by atoms with van der Waals surface area (Å²) in [6.07, 6.45) is 22.6. The Labute approximate surface area is 169 Å². The number of rotatable bonds is 2. The second-order valence-electron chi connectivity index (χ2n) is 9.79. The van der Waals surface area contributed by atoms with Gasteiger partial charge in [0.25, 0.3) is 0 Å². The Morgan fingerprint density at radius 1 is 1.19 bits per heavy atom. The molecular formula is C24H31ClN2. The zero-order valence-electron chi connectivity index (χ0n) is 16.4. The van der Waals surface area contributed by atoms with Crippen molar-refractivity contribution in [3.8, 4) is 0 Å². The Morgan fingerprint density at radius 3 is 2.93 bits per heavy atom. The van der Waals surface area contributed by atoms with E-state index < -0.39 is 0 Å². The van der Waals surface area contributed by atoms with E-state index in [1.165, 1.54) is 51.4 Å². The van der Waals surface area contributed by atoms with Crippen molar-refractivity contribution in [2.75, 3.05) is 6.54 Å². The number of nitrogens with zero attached hydrogens (tertiary/aromatic N) is 2. The normalized spacial score (nSPS) is 37.4. The first-order chi connectivity index (χ1) is 12.7. The first-order valence-corrected chi connectivity index (χ1v) is 10.8. The molecule has 6 rings (SSSR count). The third-order valence-corrected chi connectivity index (χ3v) is 8.07. The number of allylic oxidation sites excluding steroid dienone is 5. The molecule has 0 N–H and O–H groups in total. The van der Waals surface area contributed by atoms with Gasteiger partial charge in [0.05, 0.1) is 6.04 Å². The smallest absolute Gasteiger partial charge is 0.0585 e. The fraction of sp³-hybridized carbons (Fsp3) is 0.625. The molecule has 0 aromatic rings. The number of halogens is 1. The first-order valence-electron chi connectivity index (χ1n) is 10.8. The number of hydrogen-bond acceptors (Lipinski definition) is 2. The maximum Gasteiger partial charge on any atom is 0.0585 e. The molecule has 0 amide bonds. The van der Waals surface area contributed by atoms with Crippen molar-refractivity contribution < 1.29 is 0 Å². The van der Waals surface area contributed by atoms with Crippen molar-refractivity contribution in [3.05, 3.63) is 46.8 Å². The van der Waals surface area contributed by atoms with Gasteiger partial charge in [-0.05, 0) is 79.9 Å². The van der Waals surface area contributed by atoms with Crippen LogP contribution in [0.25, 0.3) is 0 Å². The second-order valence-corrected chi connectivity index (χ2v) is 9.79. The lowest BCUT2D eigenvalue weighted by molar-refractivity contribution is 0.293. The van der Waals surface area contributed by atoms with Crippen molar-refractivity contribution >= 4 is 18.6 Å². The van der Waals surface area contributed by atoms with Crippen LogP contribution < -0.4 is 0 Å². The predicted octanol–water partition coefficient (Wildman–Crippen LogP) is 5.83. The summed E-state index contributed by atoms with van der Waals surface area (Å²) in [6.45, 7) is 3.53. The van der Waals surface area contributed by atoms with Gasteiger partial charge in [-0.1, -0.05) is 25.2 Å². The van der Waals surface area contributed by atoms with Gasteiger partial charge in [-0.2, -0.15) is 0 Å². The van der Waals surface area contributed by atoms with Crippen LogP contribution in [-0.4, -0.2) is 23.7 Å². The summed E-state index contributed by atoms with van der Waals surface area (Å²) in [4.78, 5) is 7.48. The molecule has 0 radical (unpaired) electrons. The third kappa shape index (κ3) is 2.70. The molecule has 0 aromatic carbocycles. The summed E-state index contributed by atoms with van der Waals surface area (Å²) in [5.41, 5.74) is 7.36. The van der Waals surface area contributed by atoms with Crippen LogP contribution in [0.1, 0.15) is 58.3 Å². The molecule has 3 aliphatic carbocycles. The lowest BCUT2D eigenvalue weighted by Crippen LogP contribution is -2.35. The fourth-order valence-electron chi connectivity index (χ4n) is 6.43. The van der Waals surface area contributed by atoms with Gasteiger partial charge in [0.2, 0.25) is 0 Å². The minimum Gasteiger partial charge on any atom is -0.341 e. The molecule has 3 heterocycles. The number of hydrogen-bond donors (Lipinski definition) is 0. The number of fused-ring (bicyclic) bond motifs is 5. The third-order valence-electron chi connectivity index (χ3n) is 8.07. The van der Waals surface area contributed by atoms with Gasteiger partial charge in [0.15, 0.2) is 0 Å². The van der Waals surface area contributed by atoms with Gasteiger partial charge in [0, 0.05) is 36.0 Å². The molecule has 27 heavy (non-hydrogen) atoms. The molecule has 144 valence electrons. The Balaban J connectivity index is 0.00000160. The molecule has 3 heteroatoms. The molecule has 1 saturated carbocycles. The Bertz CT molecular complexity index is 795. The molecule has 0 aromatic heterocycles. The summed E-state index contributed by atoms with van der Waals surface area (Å²) in [6, 6.07) is 0.577. The molecule has 4 atom stereocenters. The van der Waals surface area contributed by atoms with Crippen LogP contribution >= 0.6 is 12.4 Å². The monoisotopic (exact) mass is 382 g/mol. The lowest BCUT2D eigenvalue weighted by Gasteiger charge is -2.38. The summed E-state index contributed by atoms with van der Waals surface area (Å²) in [7, 11) is 0. The van der Waals surface area contributed by atoms with E-state index in [2.05, 4.69) is 47.3 Å². The zero-order valence-corrected chi connectivity index (χ0v) is 17.2. The highest BCUT2D eigenvalue weighted by atomic mass is 35.5. The average molecular weight is 383 g/mol. The van der Waals surface area contributed by atoms with Crippen molar-refractivity contribution in [1.29, 1.82) is 0 Å². The number of aliphatic imine (C=N–C) groups is 1. The van der Waals surface area contributed by atoms with E-state index >= 15 is 0 Å². The van der Waals surface area contributed by atoms with Gasteiger partial charge in [0.1, 0.15) is 0 Å². The Hall–Kier alpha value is -1.28. The highest BCUT2D eigenvalue weighted by molar-refractivity contribution is 5.85. The minimum absolute atomic E-state index is 0. The van der Waals surface area contributed by atoms with E-state index in [4.69, 9.17) is 0 Å². The summed E-state index contributed by atoms with van der Waals surface area (Å²) < 4.78 is 0. The Morgan fingerprint density at radius 2 is 2.07 bits per heavy atom. The van der Waals surface area contributed by atoms with Gasteiger partial charge < -0.3 is 4.90 Å². The van der Waals surface area contributed by atoms with Crippen molar-refractivity contribution in [2.24, 2.45) is 28.2 Å². The summed E-state index contributed by atoms with van der Waals surface area (Å²) in [5, 5.41) is 0. The lowest BCUT2D eigenvalue weighted by atomic mass is 9.72. The zero-order chi connectivity index (χ0) is 17.3. The van der Waals surface area contributed by atoms with Crippen molar-refractivity contribution in [1.82, 2.24) is 4.90 Å². The highest BCUT2D eigenvalue weighted by Crippen LogP contribution is 2.58. The SMILES string of the molecule is CC1(CC2CC[C@H]3C4=C2CC=C2C=CCCC2N4C2=CC=NC[C@@H]23)CC1.Cl. The predicted molar refractivity (Wildman–Crippen MR) is 114 cm³/mol. The van der Waals surface area contributed by atoms with Crippen LogP contribution in [0.4, 0.5) is 0 Å². The van der Waals surface area contributed by atoms with Gasteiger partial charge in [-0.15, -0.1) is 12.4 Å². The van der Waals surface area contributed by atoms with Crippen LogP contribution in [0.2, 0.25) is 0 Å². The standard InChI is InChI=1S/C24H30N2.ClH/c1-24(11-12-24)14-17-7-9-19-20-15-25-13-10-22(20)26-21-5-3-2-4-16(21)6-8-18(17)23(19)26;/h2,4,6,10,13,17,19-21H,3,5,7-9,11-12,14-15H2,1H3;1H/t17?,19-,20-,21?;/m1./s1. The molecule has 3 aliphatic heterocycles. The van der Waals surface area contributed by atoms with Gasteiger partial charge in [-0.3, -0.25) is 4.99 Å². The van der Waals surface area contributed by atoms with E-state index in [0.717, 1.165) is 18.4 Å². The average Bonchev–Trinajstić information content (AvgIpc) is 3.34. The van der Waals surface area contributed by atoms with Crippen LogP contribution in [0.15, 0.2) is 51.8 Å². The molecule has 2 nitrogen and oxygen atoms in total. The molecule has 2 unspecified atom stereocenters. The Kier molecular flexibility index (Phi) is 4.20. The van der Waals surface area contributed by atoms with E-state index in [-0.39, 0.29) is 12.4 Å². The fourth-order valence-corrected chi connectivity index (χ4v) is 6.43. The van der Waals surface area contributed by atoms with E-state index in [9.17, 15) is 0 Å². The second kappa shape index (κ2) is 6.37. The van der Waals surface area contributed by atoms with Crippen LogP contribution in [-0.2, 0) is 0 Å². The minimum atomic E-state index is 0. The van der Waals surface area contributed by atoms with Gasteiger partial charge >= 0.3 is 0 Å². The maximum atomic E-state index is 4.66. The maximum absolute atomic E-state index is 4.66. The molecule has 1 saturated heterocycles. The quantitative estimate of drug-likeness (QED) is 0.586. The molecular weight excluding hydrogens is 352 g/mol.